The first-order chi connectivity index (χ1) is 11.5. The van der Waals surface area contributed by atoms with Crippen LogP contribution in [0.5, 0.6) is 0 Å². The van der Waals surface area contributed by atoms with Crippen LogP contribution in [0.2, 0.25) is 0 Å². The zero-order valence-corrected chi connectivity index (χ0v) is 15.5. The van der Waals surface area contributed by atoms with Crippen LogP contribution in [0.1, 0.15) is 38.9 Å². The van der Waals surface area contributed by atoms with Crippen LogP contribution < -0.4 is 5.32 Å². The number of rotatable bonds is 9. The highest BCUT2D eigenvalue weighted by Crippen LogP contribution is 2.01. The fourth-order valence-corrected chi connectivity index (χ4v) is 2.28. The Morgan fingerprint density at radius 1 is 1.29 bits per heavy atom. The fraction of sp³-hybridized carbons (Fsp3) is 0.750. The molecule has 0 saturated heterocycles. The highest BCUT2D eigenvalue weighted by Gasteiger charge is 2.14. The molecule has 1 N–H and O–H groups in total. The van der Waals surface area contributed by atoms with Crippen LogP contribution in [0.15, 0.2) is 9.52 Å². The van der Waals surface area contributed by atoms with Gasteiger partial charge in [-0.2, -0.15) is 4.98 Å². The van der Waals surface area contributed by atoms with E-state index in [0.717, 1.165) is 32.0 Å². The largest absolute Gasteiger partial charge is 0.357 e. The van der Waals surface area contributed by atoms with Gasteiger partial charge in [-0.15, -0.1) is 0 Å². The van der Waals surface area contributed by atoms with Crippen LogP contribution in [-0.2, 0) is 11.2 Å². The van der Waals surface area contributed by atoms with E-state index in [1.54, 1.807) is 6.92 Å². The van der Waals surface area contributed by atoms with Crippen molar-refractivity contribution < 1.29 is 9.32 Å². The lowest BCUT2D eigenvalue weighted by Gasteiger charge is -2.25. The highest BCUT2D eigenvalue weighted by atomic mass is 16.5. The van der Waals surface area contributed by atoms with E-state index in [-0.39, 0.29) is 5.91 Å². The number of carbonyl (C=O) groups excluding carboxylic acids is 1. The van der Waals surface area contributed by atoms with Crippen LogP contribution in [0.4, 0.5) is 0 Å². The average molecular weight is 338 g/mol. The maximum absolute atomic E-state index is 12.2. The van der Waals surface area contributed by atoms with Gasteiger partial charge in [0.25, 0.3) is 0 Å². The third-order valence-corrected chi connectivity index (χ3v) is 3.57. The number of aromatic nitrogens is 2. The van der Waals surface area contributed by atoms with Crippen LogP contribution >= 0.6 is 0 Å². The Kier molecular flexibility index (Phi) is 8.81. The third-order valence-electron chi connectivity index (χ3n) is 3.57. The first kappa shape index (κ1) is 19.9. The van der Waals surface area contributed by atoms with Crippen LogP contribution in [0, 0.1) is 6.92 Å². The van der Waals surface area contributed by atoms with Gasteiger partial charge in [0.1, 0.15) is 0 Å². The summed E-state index contributed by atoms with van der Waals surface area (Å²) < 4.78 is 5.08. The molecule has 24 heavy (non-hydrogen) atoms. The van der Waals surface area contributed by atoms with E-state index in [9.17, 15) is 4.79 Å². The average Bonchev–Trinajstić information content (AvgIpc) is 2.96. The van der Waals surface area contributed by atoms with E-state index in [4.69, 9.17) is 4.52 Å². The summed E-state index contributed by atoms with van der Waals surface area (Å²) in [4.78, 5) is 24.6. The predicted molar refractivity (Wildman–Crippen MR) is 93.9 cm³/mol. The molecule has 1 rings (SSSR count). The number of amides is 1. The lowest BCUT2D eigenvalue weighted by molar-refractivity contribution is -0.131. The van der Waals surface area contributed by atoms with Crippen molar-refractivity contribution >= 4 is 11.9 Å². The minimum atomic E-state index is 0.106. The van der Waals surface area contributed by atoms with Gasteiger partial charge in [0.05, 0.1) is 6.54 Å². The molecule has 0 aliphatic heterocycles. The molecule has 0 saturated carbocycles. The SMILES string of the molecule is CCNC(=NCCCc1nc(C)no1)N(C)CC(=O)N(CC)CC. The van der Waals surface area contributed by atoms with E-state index in [1.165, 1.54) is 0 Å². The standard InChI is InChI=1S/C16H30N6O2/c1-6-17-16(21(5)12-15(23)22(7-2)8-3)18-11-9-10-14-19-13(4)20-24-14/h6-12H2,1-5H3,(H,17,18). The summed E-state index contributed by atoms with van der Waals surface area (Å²) in [6.07, 6.45) is 1.51. The zero-order valence-electron chi connectivity index (χ0n) is 15.5. The molecule has 0 aliphatic carbocycles. The Bertz CT molecular complexity index is 524. The monoisotopic (exact) mass is 338 g/mol. The first-order valence-electron chi connectivity index (χ1n) is 8.58. The molecular weight excluding hydrogens is 308 g/mol. The van der Waals surface area contributed by atoms with Gasteiger partial charge in [-0.1, -0.05) is 5.16 Å². The summed E-state index contributed by atoms with van der Waals surface area (Å²) in [7, 11) is 1.88. The summed E-state index contributed by atoms with van der Waals surface area (Å²) in [5.41, 5.74) is 0. The van der Waals surface area contributed by atoms with Gasteiger partial charge < -0.3 is 19.6 Å². The van der Waals surface area contributed by atoms with Gasteiger partial charge >= 0.3 is 0 Å². The first-order valence-corrected chi connectivity index (χ1v) is 8.58. The Morgan fingerprint density at radius 3 is 2.54 bits per heavy atom. The maximum Gasteiger partial charge on any atom is 0.242 e. The molecule has 0 unspecified atom stereocenters. The minimum Gasteiger partial charge on any atom is -0.357 e. The molecule has 8 nitrogen and oxygen atoms in total. The smallest absolute Gasteiger partial charge is 0.242 e. The number of hydrogen-bond donors (Lipinski definition) is 1. The summed E-state index contributed by atoms with van der Waals surface area (Å²) in [6.45, 7) is 10.9. The number of carbonyl (C=O) groups is 1. The number of aliphatic imine (C=N–C) groups is 1. The summed E-state index contributed by atoms with van der Waals surface area (Å²) in [5, 5.41) is 6.99. The van der Waals surface area contributed by atoms with E-state index >= 15 is 0 Å². The summed E-state index contributed by atoms with van der Waals surface area (Å²) in [6, 6.07) is 0. The Hall–Kier alpha value is -2.12. The number of guanidine groups is 1. The van der Waals surface area contributed by atoms with Crippen molar-refractivity contribution in [2.45, 2.75) is 40.5 Å². The molecular formula is C16H30N6O2. The van der Waals surface area contributed by atoms with Gasteiger partial charge in [0.2, 0.25) is 11.8 Å². The fourth-order valence-electron chi connectivity index (χ4n) is 2.28. The Balaban J connectivity index is 2.52. The van der Waals surface area contributed by atoms with E-state index in [2.05, 4.69) is 20.4 Å². The minimum absolute atomic E-state index is 0.106. The van der Waals surface area contributed by atoms with Gasteiger partial charge in [0, 0.05) is 39.6 Å². The Labute approximate surface area is 144 Å². The molecule has 0 radical (unpaired) electrons. The molecule has 0 bridgehead atoms. The van der Waals surface area contributed by atoms with E-state index in [0.29, 0.717) is 31.2 Å². The summed E-state index contributed by atoms with van der Waals surface area (Å²) >= 11 is 0. The third kappa shape index (κ3) is 6.55. The highest BCUT2D eigenvalue weighted by molar-refractivity contribution is 5.86. The van der Waals surface area contributed by atoms with Crippen molar-refractivity contribution in [1.82, 2.24) is 25.3 Å². The van der Waals surface area contributed by atoms with Gasteiger partial charge in [-0.25, -0.2) is 0 Å². The van der Waals surface area contributed by atoms with Crippen molar-refractivity contribution in [2.24, 2.45) is 4.99 Å². The lowest BCUT2D eigenvalue weighted by Crippen LogP contribution is -2.45. The molecule has 1 aromatic rings. The maximum atomic E-state index is 12.2. The van der Waals surface area contributed by atoms with Gasteiger partial charge in [0.15, 0.2) is 11.8 Å². The summed E-state index contributed by atoms with van der Waals surface area (Å²) in [5.74, 6) is 2.13. The molecule has 1 amide bonds. The number of likely N-dealkylation sites (N-methyl/N-ethyl adjacent to an activating group) is 2. The van der Waals surface area contributed by atoms with Crippen LogP contribution in [0.25, 0.3) is 0 Å². The molecule has 136 valence electrons. The predicted octanol–water partition coefficient (Wildman–Crippen LogP) is 1.08. The molecule has 1 aromatic heterocycles. The second-order valence-electron chi connectivity index (χ2n) is 5.50. The van der Waals surface area contributed by atoms with Crippen LogP contribution in [0.3, 0.4) is 0 Å². The van der Waals surface area contributed by atoms with E-state index in [1.807, 2.05) is 37.6 Å². The molecule has 0 fully saturated rings. The number of nitrogens with one attached hydrogen (secondary N) is 1. The van der Waals surface area contributed by atoms with Crippen molar-refractivity contribution in [3.63, 3.8) is 0 Å². The molecule has 0 aliphatic rings. The van der Waals surface area contributed by atoms with Gasteiger partial charge in [-0.3, -0.25) is 9.79 Å². The topological polar surface area (TPSA) is 86.9 Å². The second-order valence-corrected chi connectivity index (χ2v) is 5.50. The Morgan fingerprint density at radius 2 is 2.00 bits per heavy atom. The lowest BCUT2D eigenvalue weighted by atomic mass is 10.3. The van der Waals surface area contributed by atoms with Crippen molar-refractivity contribution in [2.75, 3.05) is 39.8 Å². The zero-order chi connectivity index (χ0) is 17.9. The molecule has 0 aromatic carbocycles. The van der Waals surface area contributed by atoms with Gasteiger partial charge in [-0.05, 0) is 34.1 Å². The van der Waals surface area contributed by atoms with Crippen molar-refractivity contribution in [1.29, 1.82) is 0 Å². The van der Waals surface area contributed by atoms with Crippen molar-refractivity contribution in [3.8, 4) is 0 Å². The molecule has 1 heterocycles. The number of aryl methyl sites for hydroxylation is 2. The number of hydrogen-bond acceptors (Lipinski definition) is 5. The molecule has 0 atom stereocenters. The van der Waals surface area contributed by atoms with Crippen molar-refractivity contribution in [3.05, 3.63) is 11.7 Å². The van der Waals surface area contributed by atoms with E-state index < -0.39 is 0 Å². The molecule has 8 heteroatoms. The molecule has 0 spiro atoms. The quantitative estimate of drug-likeness (QED) is 0.412. The normalized spacial score (nSPS) is 11.5. The number of nitrogens with zero attached hydrogens (tertiary/aromatic N) is 5. The van der Waals surface area contributed by atoms with Crippen LogP contribution in [-0.4, -0.2) is 71.6 Å². The second kappa shape index (κ2) is 10.6.